The maximum Gasteiger partial charge on any atom is 0.0618 e. The van der Waals surface area contributed by atoms with Crippen molar-refractivity contribution in [1.29, 1.82) is 0 Å². The van der Waals surface area contributed by atoms with Crippen LogP contribution in [0.3, 0.4) is 0 Å². The van der Waals surface area contributed by atoms with Crippen LogP contribution < -0.4 is 0 Å². The third-order valence-electron chi connectivity index (χ3n) is 5.55. The van der Waals surface area contributed by atoms with E-state index in [0.717, 1.165) is 13.2 Å². The van der Waals surface area contributed by atoms with Crippen LogP contribution >= 0.6 is 11.3 Å². The molecule has 1 spiro atoms. The molecule has 3 nitrogen and oxygen atoms in total. The molecule has 1 aromatic heterocycles. The van der Waals surface area contributed by atoms with Crippen LogP contribution in [0.5, 0.6) is 0 Å². The standard InChI is InChI=1S/C18H30N2OS/c1-15(2)20-14-18(11-16(20)13-21-3)6-8-19(9-7-18)12-17-5-4-10-22-17/h4-5,10,15-16H,6-9,11-14H2,1-3H3. The van der Waals surface area contributed by atoms with Crippen molar-refractivity contribution in [3.05, 3.63) is 22.4 Å². The highest BCUT2D eigenvalue weighted by Crippen LogP contribution is 2.44. The van der Waals surface area contributed by atoms with Gasteiger partial charge in [-0.05, 0) is 63.1 Å². The van der Waals surface area contributed by atoms with Crippen LogP contribution in [0.1, 0.15) is 38.0 Å². The van der Waals surface area contributed by atoms with Crippen LogP contribution in [-0.2, 0) is 11.3 Å². The quantitative estimate of drug-likeness (QED) is 0.826. The van der Waals surface area contributed by atoms with Crippen LogP contribution in [-0.4, -0.2) is 55.2 Å². The Bertz CT molecular complexity index is 452. The van der Waals surface area contributed by atoms with Crippen molar-refractivity contribution in [2.45, 2.75) is 51.7 Å². The molecule has 3 rings (SSSR count). The molecule has 0 aromatic carbocycles. The molecule has 0 saturated carbocycles. The zero-order valence-electron chi connectivity index (χ0n) is 14.3. The van der Waals surface area contributed by atoms with Crippen LogP contribution in [0.15, 0.2) is 17.5 Å². The van der Waals surface area contributed by atoms with Gasteiger partial charge in [0.25, 0.3) is 0 Å². The van der Waals surface area contributed by atoms with Gasteiger partial charge in [-0.2, -0.15) is 0 Å². The van der Waals surface area contributed by atoms with Crippen molar-refractivity contribution >= 4 is 11.3 Å². The third-order valence-corrected chi connectivity index (χ3v) is 6.42. The van der Waals surface area contributed by atoms with Crippen molar-refractivity contribution < 1.29 is 4.74 Å². The molecule has 0 aliphatic carbocycles. The summed E-state index contributed by atoms with van der Waals surface area (Å²) in [6.45, 7) is 10.5. The zero-order valence-corrected chi connectivity index (χ0v) is 15.1. The minimum atomic E-state index is 0.541. The first-order chi connectivity index (χ1) is 10.6. The van der Waals surface area contributed by atoms with Gasteiger partial charge in [0, 0.05) is 37.2 Å². The van der Waals surface area contributed by atoms with Gasteiger partial charge < -0.3 is 4.74 Å². The van der Waals surface area contributed by atoms with Gasteiger partial charge in [-0.25, -0.2) is 0 Å². The maximum atomic E-state index is 5.48. The van der Waals surface area contributed by atoms with Gasteiger partial charge in [-0.15, -0.1) is 11.3 Å². The highest BCUT2D eigenvalue weighted by molar-refractivity contribution is 7.09. The van der Waals surface area contributed by atoms with Crippen LogP contribution in [0.25, 0.3) is 0 Å². The van der Waals surface area contributed by atoms with Crippen molar-refractivity contribution in [3.8, 4) is 0 Å². The predicted molar refractivity (Wildman–Crippen MR) is 93.4 cm³/mol. The molecule has 0 amide bonds. The lowest BCUT2D eigenvalue weighted by atomic mass is 9.76. The Hall–Kier alpha value is -0.420. The highest BCUT2D eigenvalue weighted by atomic mass is 32.1. The number of methoxy groups -OCH3 is 1. The van der Waals surface area contributed by atoms with E-state index in [-0.39, 0.29) is 0 Å². The first-order valence-electron chi connectivity index (χ1n) is 8.61. The summed E-state index contributed by atoms with van der Waals surface area (Å²) in [5.74, 6) is 0. The number of thiophene rings is 1. The smallest absolute Gasteiger partial charge is 0.0618 e. The Morgan fingerprint density at radius 3 is 2.73 bits per heavy atom. The fourth-order valence-electron chi connectivity index (χ4n) is 4.32. The summed E-state index contributed by atoms with van der Waals surface area (Å²) >= 11 is 1.89. The van der Waals surface area contributed by atoms with E-state index in [0.29, 0.717) is 17.5 Å². The molecular formula is C18H30N2OS. The lowest BCUT2D eigenvalue weighted by Crippen LogP contribution is -2.42. The maximum absolute atomic E-state index is 5.48. The molecule has 2 aliphatic heterocycles. The average molecular weight is 323 g/mol. The molecule has 1 atom stereocenters. The Kier molecular flexibility index (Phi) is 5.23. The predicted octanol–water partition coefficient (Wildman–Crippen LogP) is 3.46. The summed E-state index contributed by atoms with van der Waals surface area (Å²) in [5, 5.41) is 2.19. The van der Waals surface area contributed by atoms with Gasteiger partial charge in [0.1, 0.15) is 0 Å². The minimum absolute atomic E-state index is 0.541. The van der Waals surface area contributed by atoms with E-state index in [9.17, 15) is 0 Å². The van der Waals surface area contributed by atoms with E-state index in [4.69, 9.17) is 4.74 Å². The molecule has 1 aromatic rings. The first-order valence-corrected chi connectivity index (χ1v) is 9.49. The summed E-state index contributed by atoms with van der Waals surface area (Å²) in [7, 11) is 1.84. The van der Waals surface area contributed by atoms with E-state index in [1.54, 1.807) is 0 Å². The SMILES string of the molecule is COCC1CC2(CCN(Cc3cccs3)CC2)CN1C(C)C. The van der Waals surface area contributed by atoms with Crippen molar-refractivity contribution in [1.82, 2.24) is 9.80 Å². The molecule has 22 heavy (non-hydrogen) atoms. The fraction of sp³-hybridized carbons (Fsp3) is 0.778. The Morgan fingerprint density at radius 1 is 1.36 bits per heavy atom. The molecule has 0 bridgehead atoms. The second-order valence-corrected chi connectivity index (χ2v) is 8.47. The molecule has 124 valence electrons. The van der Waals surface area contributed by atoms with Crippen LogP contribution in [0.2, 0.25) is 0 Å². The number of piperidine rings is 1. The van der Waals surface area contributed by atoms with E-state index in [1.165, 1.54) is 43.8 Å². The second-order valence-electron chi connectivity index (χ2n) is 7.43. The Balaban J connectivity index is 1.57. The summed E-state index contributed by atoms with van der Waals surface area (Å²) in [6, 6.07) is 5.68. The summed E-state index contributed by atoms with van der Waals surface area (Å²) in [4.78, 5) is 6.82. The number of hydrogen-bond acceptors (Lipinski definition) is 4. The zero-order chi connectivity index (χ0) is 15.6. The van der Waals surface area contributed by atoms with Gasteiger partial charge in [0.2, 0.25) is 0 Å². The van der Waals surface area contributed by atoms with Crippen molar-refractivity contribution in [2.75, 3.05) is 33.4 Å². The van der Waals surface area contributed by atoms with E-state index >= 15 is 0 Å². The molecule has 2 fully saturated rings. The number of likely N-dealkylation sites (tertiary alicyclic amines) is 2. The highest BCUT2D eigenvalue weighted by Gasteiger charge is 2.45. The van der Waals surface area contributed by atoms with E-state index < -0.39 is 0 Å². The normalized spacial score (nSPS) is 26.3. The molecular weight excluding hydrogens is 292 g/mol. The second kappa shape index (κ2) is 7.00. The number of hydrogen-bond donors (Lipinski definition) is 0. The van der Waals surface area contributed by atoms with Gasteiger partial charge in [0.05, 0.1) is 6.61 Å². The monoisotopic (exact) mass is 322 g/mol. The van der Waals surface area contributed by atoms with Crippen LogP contribution in [0, 0.1) is 5.41 Å². The van der Waals surface area contributed by atoms with Crippen molar-refractivity contribution in [2.24, 2.45) is 5.41 Å². The van der Waals surface area contributed by atoms with Gasteiger partial charge in [-0.3, -0.25) is 9.80 Å². The van der Waals surface area contributed by atoms with E-state index in [2.05, 4.69) is 41.2 Å². The third kappa shape index (κ3) is 3.56. The molecule has 3 heterocycles. The molecule has 1 unspecified atom stereocenters. The van der Waals surface area contributed by atoms with Gasteiger partial charge >= 0.3 is 0 Å². The topological polar surface area (TPSA) is 15.7 Å². The molecule has 0 N–H and O–H groups in total. The number of ether oxygens (including phenoxy) is 1. The van der Waals surface area contributed by atoms with E-state index in [1.807, 2.05) is 18.4 Å². The number of rotatable bonds is 5. The lowest BCUT2D eigenvalue weighted by Gasteiger charge is -2.39. The number of nitrogens with zero attached hydrogens (tertiary/aromatic N) is 2. The fourth-order valence-corrected chi connectivity index (χ4v) is 5.07. The van der Waals surface area contributed by atoms with Gasteiger partial charge in [0.15, 0.2) is 0 Å². The van der Waals surface area contributed by atoms with Crippen LogP contribution in [0.4, 0.5) is 0 Å². The summed E-state index contributed by atoms with van der Waals surface area (Å²) in [6.07, 6.45) is 4.02. The summed E-state index contributed by atoms with van der Waals surface area (Å²) < 4.78 is 5.48. The first kappa shape index (κ1) is 16.4. The molecule has 4 heteroatoms. The van der Waals surface area contributed by atoms with Crippen molar-refractivity contribution in [3.63, 3.8) is 0 Å². The Morgan fingerprint density at radius 2 is 2.14 bits per heavy atom. The minimum Gasteiger partial charge on any atom is -0.383 e. The lowest BCUT2D eigenvalue weighted by molar-refractivity contribution is 0.0918. The Labute approximate surface area is 139 Å². The van der Waals surface area contributed by atoms with Gasteiger partial charge in [-0.1, -0.05) is 6.07 Å². The average Bonchev–Trinajstić information content (AvgIpc) is 3.11. The largest absolute Gasteiger partial charge is 0.383 e. The molecule has 2 aliphatic rings. The summed E-state index contributed by atoms with van der Waals surface area (Å²) in [5.41, 5.74) is 0.541. The molecule has 2 saturated heterocycles. The molecule has 0 radical (unpaired) electrons.